The predicted octanol–water partition coefficient (Wildman–Crippen LogP) is 3.45. The SMILES string of the molecule is Cn1cnc(-c2cc(C(=O)Nc3ccc(OC(F)(F)Cl)cc3)cnc2-n2ccnc2)cc1=O. The Morgan fingerprint density at radius 1 is 1.15 bits per heavy atom. The van der Waals surface area contributed by atoms with Crippen molar-refractivity contribution >= 4 is 23.2 Å². The fraction of sp³-hybridized carbons (Fsp3) is 0.0952. The lowest BCUT2D eigenvalue weighted by Gasteiger charge is -2.13. The Balaban J connectivity index is 1.65. The topological polar surface area (TPSA) is 104 Å². The first-order valence-corrected chi connectivity index (χ1v) is 9.76. The van der Waals surface area contributed by atoms with Gasteiger partial charge in [0.1, 0.15) is 17.9 Å². The van der Waals surface area contributed by atoms with Gasteiger partial charge in [-0.1, -0.05) is 0 Å². The summed E-state index contributed by atoms with van der Waals surface area (Å²) in [5.41, 5.74) is -2.84. The highest BCUT2D eigenvalue weighted by atomic mass is 35.5. The number of imidazole rings is 1. The Hall–Kier alpha value is -4.12. The molecular formula is C21H15ClF2N6O3. The van der Waals surface area contributed by atoms with Crippen molar-refractivity contribution in [1.29, 1.82) is 0 Å². The molecule has 0 saturated heterocycles. The lowest BCUT2D eigenvalue weighted by molar-refractivity contribution is -0.0964. The fourth-order valence-corrected chi connectivity index (χ4v) is 3.00. The number of pyridine rings is 1. The molecule has 0 aliphatic heterocycles. The second-order valence-corrected chi connectivity index (χ2v) is 7.25. The van der Waals surface area contributed by atoms with E-state index >= 15 is 0 Å². The Morgan fingerprint density at radius 3 is 2.55 bits per heavy atom. The number of anilines is 1. The first kappa shape index (κ1) is 22.1. The van der Waals surface area contributed by atoms with Gasteiger partial charge in [-0.2, -0.15) is 0 Å². The van der Waals surface area contributed by atoms with Crippen LogP contribution < -0.4 is 15.6 Å². The molecule has 0 unspecified atom stereocenters. The molecule has 0 saturated carbocycles. The molecule has 33 heavy (non-hydrogen) atoms. The van der Waals surface area contributed by atoms with Gasteiger partial charge in [-0.05, 0) is 30.3 Å². The summed E-state index contributed by atoms with van der Waals surface area (Å²) in [5.74, 6) is -0.257. The first-order valence-electron chi connectivity index (χ1n) is 9.38. The van der Waals surface area contributed by atoms with Gasteiger partial charge in [0.2, 0.25) is 0 Å². The highest BCUT2D eigenvalue weighted by Gasteiger charge is 2.27. The molecule has 4 rings (SSSR count). The number of halogens is 3. The number of carbonyl (C=O) groups is 1. The minimum atomic E-state index is -3.84. The van der Waals surface area contributed by atoms with Crippen LogP contribution in [0.15, 0.2) is 72.4 Å². The van der Waals surface area contributed by atoms with E-state index in [1.54, 1.807) is 30.1 Å². The number of nitrogens with zero attached hydrogens (tertiary/aromatic N) is 5. The number of hydrogen-bond acceptors (Lipinski definition) is 6. The zero-order valence-corrected chi connectivity index (χ0v) is 17.7. The summed E-state index contributed by atoms with van der Waals surface area (Å²) in [6.07, 6.45) is 7.50. The van der Waals surface area contributed by atoms with Crippen molar-refractivity contribution in [2.75, 3.05) is 5.32 Å². The monoisotopic (exact) mass is 472 g/mol. The summed E-state index contributed by atoms with van der Waals surface area (Å²) in [6, 6.07) is 8.12. The van der Waals surface area contributed by atoms with Crippen molar-refractivity contribution in [3.05, 3.63) is 83.6 Å². The third-order valence-electron chi connectivity index (χ3n) is 4.48. The van der Waals surface area contributed by atoms with Crippen molar-refractivity contribution in [2.24, 2.45) is 7.05 Å². The van der Waals surface area contributed by atoms with Gasteiger partial charge in [0.15, 0.2) is 0 Å². The predicted molar refractivity (Wildman–Crippen MR) is 116 cm³/mol. The Labute approximate surface area is 190 Å². The molecule has 12 heteroatoms. The maximum absolute atomic E-state index is 12.8. The largest absolute Gasteiger partial charge is 0.487 e. The molecule has 0 aliphatic rings. The Morgan fingerprint density at radius 2 is 1.91 bits per heavy atom. The number of rotatable bonds is 6. The van der Waals surface area contributed by atoms with Crippen LogP contribution in [-0.4, -0.2) is 35.6 Å². The third kappa shape index (κ3) is 5.21. The van der Waals surface area contributed by atoms with Gasteiger partial charge in [0.25, 0.3) is 11.5 Å². The van der Waals surface area contributed by atoms with Crippen molar-refractivity contribution in [1.82, 2.24) is 24.1 Å². The molecule has 3 aromatic heterocycles. The maximum Gasteiger partial charge on any atom is 0.487 e. The van der Waals surface area contributed by atoms with Crippen LogP contribution in [-0.2, 0) is 7.05 Å². The van der Waals surface area contributed by atoms with E-state index in [-0.39, 0.29) is 16.9 Å². The zero-order chi connectivity index (χ0) is 23.6. The lowest BCUT2D eigenvalue weighted by atomic mass is 10.1. The highest BCUT2D eigenvalue weighted by Crippen LogP contribution is 2.27. The molecule has 0 fully saturated rings. The number of benzene rings is 1. The van der Waals surface area contributed by atoms with Crippen molar-refractivity contribution < 1.29 is 18.3 Å². The maximum atomic E-state index is 12.8. The number of nitrogens with one attached hydrogen (secondary N) is 1. The van der Waals surface area contributed by atoms with E-state index in [0.29, 0.717) is 22.8 Å². The summed E-state index contributed by atoms with van der Waals surface area (Å²) in [7, 11) is 1.57. The van der Waals surface area contributed by atoms with Gasteiger partial charge in [-0.25, -0.2) is 15.0 Å². The fourth-order valence-electron chi connectivity index (χ4n) is 2.91. The molecule has 1 amide bonds. The summed E-state index contributed by atoms with van der Waals surface area (Å²) in [4.78, 5) is 37.6. The lowest BCUT2D eigenvalue weighted by Crippen LogP contribution is -2.17. The molecule has 0 spiro atoms. The molecule has 4 aromatic rings. The van der Waals surface area contributed by atoms with Crippen LogP contribution in [0.3, 0.4) is 0 Å². The van der Waals surface area contributed by atoms with Gasteiger partial charge in [-0.3, -0.25) is 14.2 Å². The molecule has 9 nitrogen and oxygen atoms in total. The van der Waals surface area contributed by atoms with Gasteiger partial charge in [0.05, 0.1) is 17.6 Å². The van der Waals surface area contributed by atoms with Crippen LogP contribution in [0.2, 0.25) is 0 Å². The summed E-state index contributed by atoms with van der Waals surface area (Å²) in [5, 5.41) is 2.64. The second kappa shape index (κ2) is 8.79. The summed E-state index contributed by atoms with van der Waals surface area (Å²) >= 11 is 4.74. The molecule has 168 valence electrons. The third-order valence-corrected chi connectivity index (χ3v) is 4.55. The second-order valence-electron chi connectivity index (χ2n) is 6.81. The first-order chi connectivity index (χ1) is 15.7. The van der Waals surface area contributed by atoms with Crippen LogP contribution in [0.1, 0.15) is 10.4 Å². The average molecular weight is 473 g/mol. The molecule has 0 atom stereocenters. The number of amides is 1. The smallest absolute Gasteiger partial charge is 0.420 e. The number of alkyl halides is 3. The van der Waals surface area contributed by atoms with E-state index in [2.05, 4.69) is 25.0 Å². The van der Waals surface area contributed by atoms with Crippen LogP contribution in [0.25, 0.3) is 17.1 Å². The highest BCUT2D eigenvalue weighted by molar-refractivity contribution is 6.20. The Bertz CT molecular complexity index is 1350. The van der Waals surface area contributed by atoms with Gasteiger partial charge < -0.3 is 14.6 Å². The van der Waals surface area contributed by atoms with E-state index < -0.39 is 11.5 Å². The van der Waals surface area contributed by atoms with Gasteiger partial charge in [0, 0.05) is 54.6 Å². The number of carbonyl (C=O) groups excluding carboxylic acids is 1. The number of ether oxygens (including phenoxy) is 1. The van der Waals surface area contributed by atoms with Gasteiger partial charge in [-0.15, -0.1) is 8.78 Å². The van der Waals surface area contributed by atoms with Gasteiger partial charge >= 0.3 is 5.57 Å². The van der Waals surface area contributed by atoms with Crippen molar-refractivity contribution in [3.8, 4) is 22.8 Å². The number of hydrogen-bond donors (Lipinski definition) is 1. The minimum Gasteiger partial charge on any atom is -0.420 e. The molecule has 1 aromatic carbocycles. The van der Waals surface area contributed by atoms with E-state index in [1.807, 2.05) is 0 Å². The molecule has 0 aliphatic carbocycles. The van der Waals surface area contributed by atoms with Crippen molar-refractivity contribution in [3.63, 3.8) is 0 Å². The Kier molecular flexibility index (Phi) is 5.88. The molecule has 0 radical (unpaired) electrons. The minimum absolute atomic E-state index is 0.168. The average Bonchev–Trinajstić information content (AvgIpc) is 3.30. The quantitative estimate of drug-likeness (QED) is 0.431. The molecule has 0 bridgehead atoms. The van der Waals surface area contributed by atoms with Crippen LogP contribution in [0.4, 0.5) is 14.5 Å². The van der Waals surface area contributed by atoms with Crippen LogP contribution in [0, 0.1) is 0 Å². The molecule has 3 heterocycles. The standard InChI is InChI=1S/C21H15ClF2N6O3/c1-29-12-27-17(9-18(29)31)16-8-13(10-26-19(16)30-7-6-25-11-30)20(32)28-14-2-4-15(5-3-14)33-21(22,23)24/h2-12H,1H3,(H,28,32). The van der Waals surface area contributed by atoms with E-state index in [1.165, 1.54) is 53.8 Å². The molecular weight excluding hydrogens is 458 g/mol. The summed E-state index contributed by atoms with van der Waals surface area (Å²) in [6.45, 7) is 0. The number of aryl methyl sites for hydroxylation is 1. The van der Waals surface area contributed by atoms with Crippen LogP contribution in [0.5, 0.6) is 5.75 Å². The number of aromatic nitrogens is 5. The van der Waals surface area contributed by atoms with E-state index in [4.69, 9.17) is 11.6 Å². The summed E-state index contributed by atoms with van der Waals surface area (Å²) < 4.78 is 32.7. The van der Waals surface area contributed by atoms with E-state index in [9.17, 15) is 18.4 Å². The normalized spacial score (nSPS) is 11.3. The van der Waals surface area contributed by atoms with E-state index in [0.717, 1.165) is 0 Å². The van der Waals surface area contributed by atoms with Crippen LogP contribution >= 0.6 is 11.6 Å². The zero-order valence-electron chi connectivity index (χ0n) is 16.9. The van der Waals surface area contributed by atoms with Crippen molar-refractivity contribution in [2.45, 2.75) is 5.57 Å². The molecule has 1 N–H and O–H groups in total.